The quantitative estimate of drug-likeness (QED) is 0.576. The van der Waals surface area contributed by atoms with Crippen LogP contribution in [0.5, 0.6) is 0 Å². The molecular weight excluding hydrogens is 367 g/mol. The van der Waals surface area contributed by atoms with Crippen LogP contribution >= 0.6 is 11.8 Å². The minimum absolute atomic E-state index is 0.0357. The highest BCUT2D eigenvalue weighted by Gasteiger charge is 2.19. The molecule has 2 rings (SSSR count). The first kappa shape index (κ1) is 19.8. The fraction of sp³-hybridized carbons (Fsp3) is 0.222. The number of amides is 1. The van der Waals surface area contributed by atoms with E-state index in [1.54, 1.807) is 12.1 Å². The molecule has 0 spiro atoms. The smallest absolute Gasteiger partial charge is 0.307 e. The first-order valence-corrected chi connectivity index (χ1v) is 8.67. The van der Waals surface area contributed by atoms with Crippen LogP contribution in [0.4, 0.5) is 18.9 Å². The number of carbonyl (C=O) groups is 2. The highest BCUT2D eigenvalue weighted by atomic mass is 32.2. The summed E-state index contributed by atoms with van der Waals surface area (Å²) >= 11 is 1.34. The maximum absolute atomic E-state index is 13.5. The normalized spacial score (nSPS) is 11.7. The van der Waals surface area contributed by atoms with Gasteiger partial charge >= 0.3 is 5.97 Å². The lowest BCUT2D eigenvalue weighted by Crippen LogP contribution is -2.30. The van der Waals surface area contributed by atoms with E-state index in [4.69, 9.17) is 4.74 Å². The molecule has 8 heteroatoms. The molecule has 138 valence electrons. The summed E-state index contributed by atoms with van der Waals surface area (Å²) in [6.07, 6.45) is -1.13. The van der Waals surface area contributed by atoms with E-state index in [1.807, 2.05) is 0 Å². The van der Waals surface area contributed by atoms with Crippen molar-refractivity contribution in [2.75, 3.05) is 11.1 Å². The molecule has 26 heavy (non-hydrogen) atoms. The average Bonchev–Trinajstić information content (AvgIpc) is 2.59. The second-order valence-corrected chi connectivity index (χ2v) is 6.47. The van der Waals surface area contributed by atoms with Gasteiger partial charge in [0.25, 0.3) is 5.91 Å². The standard InChI is InChI=1S/C18H16F3NO3S/c1-11(18(24)22-16-10-13(20)4-7-15(16)21)25-17(23)8-9-26-14-5-2-12(19)3-6-14/h2-7,10-11H,8-9H2,1H3,(H,22,24)/t11-/m1/s1. The van der Waals surface area contributed by atoms with Gasteiger partial charge in [0.1, 0.15) is 17.5 Å². The first-order chi connectivity index (χ1) is 12.3. The third-order valence-electron chi connectivity index (χ3n) is 3.25. The Morgan fingerprint density at radius 1 is 1.08 bits per heavy atom. The van der Waals surface area contributed by atoms with Gasteiger partial charge < -0.3 is 10.1 Å². The van der Waals surface area contributed by atoms with Crippen LogP contribution in [0, 0.1) is 17.5 Å². The average molecular weight is 383 g/mol. The van der Waals surface area contributed by atoms with Crippen LogP contribution in [0.25, 0.3) is 0 Å². The van der Waals surface area contributed by atoms with E-state index >= 15 is 0 Å². The summed E-state index contributed by atoms with van der Waals surface area (Å²) in [4.78, 5) is 24.5. The van der Waals surface area contributed by atoms with E-state index in [2.05, 4.69) is 5.32 Å². The minimum Gasteiger partial charge on any atom is -0.453 e. The molecule has 0 bridgehead atoms. The lowest BCUT2D eigenvalue weighted by Gasteiger charge is -2.14. The highest BCUT2D eigenvalue weighted by Crippen LogP contribution is 2.19. The van der Waals surface area contributed by atoms with E-state index in [9.17, 15) is 22.8 Å². The molecule has 0 radical (unpaired) electrons. The third kappa shape index (κ3) is 6.11. The number of thioether (sulfide) groups is 1. The Morgan fingerprint density at radius 3 is 2.42 bits per heavy atom. The summed E-state index contributed by atoms with van der Waals surface area (Å²) in [7, 11) is 0. The molecule has 0 aliphatic heterocycles. The second kappa shape index (κ2) is 9.28. The van der Waals surface area contributed by atoms with Crippen molar-refractivity contribution in [1.82, 2.24) is 0 Å². The number of carbonyl (C=O) groups excluding carboxylic acids is 2. The largest absolute Gasteiger partial charge is 0.453 e. The molecule has 2 aromatic carbocycles. The van der Waals surface area contributed by atoms with Crippen molar-refractivity contribution in [3.63, 3.8) is 0 Å². The predicted octanol–water partition coefficient (Wildman–Crippen LogP) is 4.16. The lowest BCUT2D eigenvalue weighted by atomic mass is 10.2. The SMILES string of the molecule is C[C@@H](OC(=O)CCSc1ccc(F)cc1)C(=O)Nc1cc(F)ccc1F. The number of anilines is 1. The summed E-state index contributed by atoms with van der Waals surface area (Å²) < 4.78 is 44.3. The minimum atomic E-state index is -1.17. The maximum Gasteiger partial charge on any atom is 0.307 e. The van der Waals surface area contributed by atoms with Gasteiger partial charge in [0.15, 0.2) is 6.10 Å². The van der Waals surface area contributed by atoms with Crippen molar-refractivity contribution < 1.29 is 27.5 Å². The molecule has 0 heterocycles. The van der Waals surface area contributed by atoms with Crippen LogP contribution in [0.1, 0.15) is 13.3 Å². The van der Waals surface area contributed by atoms with Gasteiger partial charge in [-0.15, -0.1) is 11.8 Å². The number of nitrogens with one attached hydrogen (secondary N) is 1. The van der Waals surface area contributed by atoms with Crippen molar-refractivity contribution >= 4 is 29.3 Å². The Balaban J connectivity index is 1.77. The fourth-order valence-electron chi connectivity index (χ4n) is 1.92. The summed E-state index contributed by atoms with van der Waals surface area (Å²) in [5.74, 6) is -2.84. The Kier molecular flexibility index (Phi) is 7.08. The van der Waals surface area contributed by atoms with Gasteiger partial charge in [0.05, 0.1) is 12.1 Å². The Labute approximate surface area is 152 Å². The van der Waals surface area contributed by atoms with Gasteiger partial charge in [0.2, 0.25) is 0 Å². The van der Waals surface area contributed by atoms with E-state index in [1.165, 1.54) is 30.8 Å². The van der Waals surface area contributed by atoms with Gasteiger partial charge in [-0.25, -0.2) is 13.2 Å². The number of benzene rings is 2. The molecule has 0 saturated heterocycles. The Bertz CT molecular complexity index is 784. The van der Waals surface area contributed by atoms with Gasteiger partial charge in [-0.05, 0) is 43.3 Å². The maximum atomic E-state index is 13.5. The number of hydrogen-bond donors (Lipinski definition) is 1. The van der Waals surface area contributed by atoms with Crippen molar-refractivity contribution in [3.05, 3.63) is 59.9 Å². The Hall–Kier alpha value is -2.48. The van der Waals surface area contributed by atoms with E-state index in [-0.39, 0.29) is 17.9 Å². The van der Waals surface area contributed by atoms with Crippen LogP contribution in [0.2, 0.25) is 0 Å². The molecule has 0 aliphatic rings. The summed E-state index contributed by atoms with van der Waals surface area (Å²) in [5, 5.41) is 2.17. The van der Waals surface area contributed by atoms with Gasteiger partial charge in [0, 0.05) is 16.7 Å². The second-order valence-electron chi connectivity index (χ2n) is 5.30. The molecule has 0 saturated carbocycles. The van der Waals surface area contributed by atoms with Crippen molar-refractivity contribution in [2.24, 2.45) is 0 Å². The van der Waals surface area contributed by atoms with Crippen LogP contribution in [0.3, 0.4) is 0 Å². The topological polar surface area (TPSA) is 55.4 Å². The highest BCUT2D eigenvalue weighted by molar-refractivity contribution is 7.99. The molecule has 1 atom stereocenters. The van der Waals surface area contributed by atoms with E-state index in [0.717, 1.165) is 23.1 Å². The van der Waals surface area contributed by atoms with Crippen LogP contribution < -0.4 is 5.32 Å². The zero-order valence-corrected chi connectivity index (χ0v) is 14.6. The Morgan fingerprint density at radius 2 is 1.73 bits per heavy atom. The molecule has 2 aromatic rings. The van der Waals surface area contributed by atoms with Gasteiger partial charge in [-0.2, -0.15) is 0 Å². The van der Waals surface area contributed by atoms with Crippen molar-refractivity contribution in [3.8, 4) is 0 Å². The van der Waals surface area contributed by atoms with Gasteiger partial charge in [-0.1, -0.05) is 0 Å². The van der Waals surface area contributed by atoms with E-state index < -0.39 is 29.6 Å². The summed E-state index contributed by atoms with van der Waals surface area (Å²) in [5.41, 5.74) is -0.329. The van der Waals surface area contributed by atoms with Crippen LogP contribution in [-0.4, -0.2) is 23.7 Å². The molecule has 1 amide bonds. The van der Waals surface area contributed by atoms with E-state index in [0.29, 0.717) is 5.75 Å². The number of hydrogen-bond acceptors (Lipinski definition) is 4. The lowest BCUT2D eigenvalue weighted by molar-refractivity contribution is -0.152. The van der Waals surface area contributed by atoms with Crippen LogP contribution in [0.15, 0.2) is 47.4 Å². The third-order valence-corrected chi connectivity index (χ3v) is 4.27. The molecule has 0 aromatic heterocycles. The fourth-order valence-corrected chi connectivity index (χ4v) is 2.75. The van der Waals surface area contributed by atoms with Crippen molar-refractivity contribution in [2.45, 2.75) is 24.3 Å². The first-order valence-electron chi connectivity index (χ1n) is 7.69. The van der Waals surface area contributed by atoms with Crippen molar-refractivity contribution in [1.29, 1.82) is 0 Å². The monoisotopic (exact) mass is 383 g/mol. The molecule has 0 fully saturated rings. The molecule has 1 N–H and O–H groups in total. The number of rotatable bonds is 7. The molecule has 4 nitrogen and oxygen atoms in total. The van der Waals surface area contributed by atoms with Gasteiger partial charge in [-0.3, -0.25) is 9.59 Å². The molecule has 0 unspecified atom stereocenters. The summed E-state index contributed by atoms with van der Waals surface area (Å²) in [6.45, 7) is 1.33. The summed E-state index contributed by atoms with van der Waals surface area (Å²) in [6, 6.07) is 8.46. The molecular formula is C18H16F3NO3S. The number of halogens is 3. The van der Waals surface area contributed by atoms with Crippen LogP contribution in [-0.2, 0) is 14.3 Å². The zero-order chi connectivity index (χ0) is 19.1. The zero-order valence-electron chi connectivity index (χ0n) is 13.8. The molecule has 0 aliphatic carbocycles. The predicted molar refractivity (Wildman–Crippen MR) is 92.3 cm³/mol. The number of esters is 1. The number of ether oxygens (including phenoxy) is 1.